The first-order valence-electron chi connectivity index (χ1n) is 11.3. The Hall–Kier alpha value is -3.72. The van der Waals surface area contributed by atoms with Crippen molar-refractivity contribution >= 4 is 39.9 Å². The SMILES string of the molecule is COc1cc2ncnc(Nc3ccc(C)c(C)c3)c2cc1NC(=O)CCCCCCC(=O)NO. The molecule has 1 heterocycles. The van der Waals surface area contributed by atoms with E-state index in [1.54, 1.807) is 18.7 Å². The normalized spacial score (nSPS) is 10.7. The number of hydrogen-bond acceptors (Lipinski definition) is 7. The third-order valence-electron chi connectivity index (χ3n) is 5.68. The first kappa shape index (κ1) is 24.9. The van der Waals surface area contributed by atoms with Crippen molar-refractivity contribution in [2.75, 3.05) is 17.7 Å². The molecule has 180 valence electrons. The zero-order valence-corrected chi connectivity index (χ0v) is 19.8. The fourth-order valence-corrected chi connectivity index (χ4v) is 3.60. The Morgan fingerprint density at radius 2 is 1.68 bits per heavy atom. The second kappa shape index (κ2) is 11.9. The van der Waals surface area contributed by atoms with E-state index in [1.807, 2.05) is 12.1 Å². The molecule has 0 aliphatic heterocycles. The van der Waals surface area contributed by atoms with Gasteiger partial charge in [0.1, 0.15) is 17.9 Å². The molecule has 4 N–H and O–H groups in total. The van der Waals surface area contributed by atoms with Crippen LogP contribution in [0.4, 0.5) is 17.2 Å². The largest absolute Gasteiger partial charge is 0.494 e. The van der Waals surface area contributed by atoms with Crippen molar-refractivity contribution in [2.24, 2.45) is 0 Å². The highest BCUT2D eigenvalue weighted by Crippen LogP contribution is 2.33. The zero-order valence-electron chi connectivity index (χ0n) is 19.8. The Morgan fingerprint density at radius 3 is 2.35 bits per heavy atom. The van der Waals surface area contributed by atoms with Crippen LogP contribution in [0.5, 0.6) is 5.75 Å². The number of nitrogens with zero attached hydrogens (tertiary/aromatic N) is 2. The standard InChI is InChI=1S/C25H31N5O4/c1-16-10-11-18(12-17(16)2)28-25-19-13-21(22(34-3)14-20(19)26-15-27-25)29-23(31)8-6-4-5-7-9-24(32)30-33/h10-15,33H,4-9H2,1-3H3,(H,29,31)(H,30,32)(H,26,27,28). The molecule has 9 nitrogen and oxygen atoms in total. The number of aryl methyl sites for hydroxylation is 2. The molecule has 3 rings (SSSR count). The summed E-state index contributed by atoms with van der Waals surface area (Å²) in [5.41, 5.74) is 6.17. The van der Waals surface area contributed by atoms with Crippen LogP contribution in [-0.4, -0.2) is 34.1 Å². The molecule has 9 heteroatoms. The number of carbonyl (C=O) groups excluding carboxylic acids is 2. The highest BCUT2D eigenvalue weighted by Gasteiger charge is 2.13. The monoisotopic (exact) mass is 465 g/mol. The van der Waals surface area contributed by atoms with Crippen LogP contribution in [-0.2, 0) is 9.59 Å². The quantitative estimate of drug-likeness (QED) is 0.182. The third-order valence-corrected chi connectivity index (χ3v) is 5.68. The highest BCUT2D eigenvalue weighted by atomic mass is 16.5. The smallest absolute Gasteiger partial charge is 0.243 e. The van der Waals surface area contributed by atoms with Crippen LogP contribution in [0.2, 0.25) is 0 Å². The number of ether oxygens (including phenoxy) is 1. The fourth-order valence-electron chi connectivity index (χ4n) is 3.60. The molecule has 0 saturated heterocycles. The number of hydrogen-bond donors (Lipinski definition) is 4. The molecule has 1 aromatic heterocycles. The second-order valence-corrected chi connectivity index (χ2v) is 8.21. The Balaban J connectivity index is 1.69. The lowest BCUT2D eigenvalue weighted by Gasteiger charge is -2.14. The van der Waals surface area contributed by atoms with Gasteiger partial charge in [0.2, 0.25) is 11.8 Å². The molecule has 0 unspecified atom stereocenters. The summed E-state index contributed by atoms with van der Waals surface area (Å²) in [6, 6.07) is 9.72. The number of amides is 2. The second-order valence-electron chi connectivity index (χ2n) is 8.21. The number of hydroxylamine groups is 1. The van der Waals surface area contributed by atoms with E-state index in [-0.39, 0.29) is 12.3 Å². The molecular formula is C25H31N5O4. The molecule has 0 radical (unpaired) electrons. The molecule has 0 aliphatic rings. The molecule has 0 aliphatic carbocycles. The molecule has 2 aromatic carbocycles. The van der Waals surface area contributed by atoms with Gasteiger partial charge in [-0.3, -0.25) is 14.8 Å². The van der Waals surface area contributed by atoms with E-state index in [9.17, 15) is 9.59 Å². The van der Waals surface area contributed by atoms with Crippen molar-refractivity contribution in [3.05, 3.63) is 47.8 Å². The molecule has 3 aromatic rings. The minimum absolute atomic E-state index is 0.119. The van der Waals surface area contributed by atoms with Crippen molar-refractivity contribution in [1.82, 2.24) is 15.4 Å². The Kier molecular flexibility index (Phi) is 8.75. The average Bonchev–Trinajstić information content (AvgIpc) is 2.83. The number of methoxy groups -OCH3 is 1. The summed E-state index contributed by atoms with van der Waals surface area (Å²) >= 11 is 0. The van der Waals surface area contributed by atoms with Crippen molar-refractivity contribution in [3.8, 4) is 5.75 Å². The molecular weight excluding hydrogens is 434 g/mol. The van der Waals surface area contributed by atoms with Crippen molar-refractivity contribution in [2.45, 2.75) is 52.4 Å². The van der Waals surface area contributed by atoms with E-state index >= 15 is 0 Å². The van der Waals surface area contributed by atoms with Gasteiger partial charge >= 0.3 is 0 Å². The molecule has 0 spiro atoms. The Labute approximate surface area is 198 Å². The van der Waals surface area contributed by atoms with Gasteiger partial charge in [-0.1, -0.05) is 18.9 Å². The summed E-state index contributed by atoms with van der Waals surface area (Å²) in [6.45, 7) is 4.12. The minimum Gasteiger partial charge on any atom is -0.494 e. The minimum atomic E-state index is -0.392. The predicted octanol–water partition coefficient (Wildman–Crippen LogP) is 4.78. The maximum atomic E-state index is 12.5. The van der Waals surface area contributed by atoms with E-state index in [4.69, 9.17) is 9.94 Å². The number of aromatic nitrogens is 2. The van der Waals surface area contributed by atoms with E-state index in [0.717, 1.165) is 23.9 Å². The zero-order chi connectivity index (χ0) is 24.5. The molecule has 0 fully saturated rings. The molecule has 0 bridgehead atoms. The number of fused-ring (bicyclic) bond motifs is 1. The van der Waals surface area contributed by atoms with Gasteiger partial charge in [-0.2, -0.15) is 0 Å². The van der Waals surface area contributed by atoms with E-state index in [1.165, 1.54) is 17.5 Å². The van der Waals surface area contributed by atoms with Gasteiger partial charge in [0.25, 0.3) is 0 Å². The maximum Gasteiger partial charge on any atom is 0.243 e. The molecule has 2 amide bonds. The molecule has 34 heavy (non-hydrogen) atoms. The summed E-state index contributed by atoms with van der Waals surface area (Å²) < 4.78 is 5.48. The number of benzene rings is 2. The van der Waals surface area contributed by atoms with Crippen LogP contribution in [0, 0.1) is 13.8 Å². The van der Waals surface area contributed by atoms with E-state index < -0.39 is 5.91 Å². The first-order chi connectivity index (χ1) is 16.4. The van der Waals surface area contributed by atoms with Crippen LogP contribution in [0.25, 0.3) is 10.9 Å². The van der Waals surface area contributed by atoms with Gasteiger partial charge in [-0.25, -0.2) is 15.4 Å². The van der Waals surface area contributed by atoms with Crippen molar-refractivity contribution in [3.63, 3.8) is 0 Å². The average molecular weight is 466 g/mol. The predicted molar refractivity (Wildman–Crippen MR) is 132 cm³/mol. The van der Waals surface area contributed by atoms with Gasteiger partial charge in [-0.15, -0.1) is 0 Å². The number of unbranched alkanes of at least 4 members (excludes halogenated alkanes) is 3. The molecule has 0 saturated carbocycles. The van der Waals surface area contributed by atoms with E-state index in [0.29, 0.717) is 42.0 Å². The summed E-state index contributed by atoms with van der Waals surface area (Å²) in [7, 11) is 1.55. The maximum absolute atomic E-state index is 12.5. The summed E-state index contributed by atoms with van der Waals surface area (Å²) in [5.74, 6) is 0.646. The fraction of sp³-hybridized carbons (Fsp3) is 0.360. The lowest BCUT2D eigenvalue weighted by molar-refractivity contribution is -0.129. The summed E-state index contributed by atoms with van der Waals surface area (Å²) in [5, 5.41) is 15.5. The number of nitrogens with one attached hydrogen (secondary N) is 3. The van der Waals surface area contributed by atoms with Crippen LogP contribution in [0.1, 0.15) is 49.7 Å². The van der Waals surface area contributed by atoms with Gasteiger partial charge in [0, 0.05) is 30.0 Å². The number of carbonyl (C=O) groups is 2. The van der Waals surface area contributed by atoms with Crippen molar-refractivity contribution in [1.29, 1.82) is 0 Å². The summed E-state index contributed by atoms with van der Waals surface area (Å²) in [4.78, 5) is 32.3. The van der Waals surface area contributed by atoms with Gasteiger partial charge in [-0.05, 0) is 56.0 Å². The highest BCUT2D eigenvalue weighted by molar-refractivity contribution is 5.99. The lowest BCUT2D eigenvalue weighted by atomic mass is 10.1. The first-order valence-corrected chi connectivity index (χ1v) is 11.3. The van der Waals surface area contributed by atoms with E-state index in [2.05, 4.69) is 46.6 Å². The van der Waals surface area contributed by atoms with Crippen LogP contribution in [0.3, 0.4) is 0 Å². The van der Waals surface area contributed by atoms with Gasteiger partial charge in [0.05, 0.1) is 18.3 Å². The Bertz CT molecular complexity index is 1170. The van der Waals surface area contributed by atoms with Crippen LogP contribution >= 0.6 is 0 Å². The third kappa shape index (κ3) is 6.64. The number of rotatable bonds is 11. The van der Waals surface area contributed by atoms with Crippen LogP contribution in [0.15, 0.2) is 36.7 Å². The number of anilines is 3. The van der Waals surface area contributed by atoms with Gasteiger partial charge in [0.15, 0.2) is 0 Å². The lowest BCUT2D eigenvalue weighted by Crippen LogP contribution is -2.17. The Morgan fingerprint density at radius 1 is 0.941 bits per heavy atom. The van der Waals surface area contributed by atoms with Crippen molar-refractivity contribution < 1.29 is 19.5 Å². The molecule has 0 atom stereocenters. The summed E-state index contributed by atoms with van der Waals surface area (Å²) in [6.07, 6.45) is 5.12. The van der Waals surface area contributed by atoms with Gasteiger partial charge < -0.3 is 15.4 Å². The topological polar surface area (TPSA) is 125 Å². The van der Waals surface area contributed by atoms with Crippen LogP contribution < -0.4 is 20.9 Å².